The van der Waals surface area contributed by atoms with Crippen LogP contribution in [0.3, 0.4) is 0 Å². The molecule has 0 fully saturated rings. The predicted octanol–water partition coefficient (Wildman–Crippen LogP) is 15.8. The molecule has 334 valence electrons. The van der Waals surface area contributed by atoms with Gasteiger partial charge in [0, 0.05) is 12.8 Å². The summed E-state index contributed by atoms with van der Waals surface area (Å²) in [4.78, 5) is 25.3. The van der Waals surface area contributed by atoms with Crippen LogP contribution in [0.5, 0.6) is 0 Å². The summed E-state index contributed by atoms with van der Waals surface area (Å²) in [6.07, 6.45) is 41.5. The number of carboxylic acid groups (broad SMARTS) is 2. The molecule has 0 bridgehead atoms. The number of carboxylic acids is 2. The van der Waals surface area contributed by atoms with Crippen molar-refractivity contribution in [2.24, 2.45) is 0 Å². The highest BCUT2D eigenvalue weighted by Gasteiger charge is 2.05. The molecular formula is C49H104N2O4. The van der Waals surface area contributed by atoms with Crippen LogP contribution >= 0.6 is 0 Å². The van der Waals surface area contributed by atoms with Crippen molar-refractivity contribution in [3.8, 4) is 0 Å². The predicted molar refractivity (Wildman–Crippen MR) is 246 cm³/mol. The molecule has 0 aromatic heterocycles. The smallest absolute Gasteiger partial charge is 0.303 e. The number of aliphatic carboxylic acids is 2. The third-order valence-electron chi connectivity index (χ3n) is 10.2. The van der Waals surface area contributed by atoms with Crippen molar-refractivity contribution >= 4 is 11.9 Å². The Hall–Kier alpha value is -1.14. The van der Waals surface area contributed by atoms with Gasteiger partial charge in [0.2, 0.25) is 0 Å². The molecule has 0 aromatic carbocycles. The third kappa shape index (κ3) is 65.0. The van der Waals surface area contributed by atoms with E-state index < -0.39 is 11.9 Å². The maximum Gasteiger partial charge on any atom is 0.303 e. The number of nitrogens with zero attached hydrogens (tertiary/aromatic N) is 2. The molecule has 6 heteroatoms. The van der Waals surface area contributed by atoms with Crippen molar-refractivity contribution in [2.45, 2.75) is 267 Å². The first-order valence-electron chi connectivity index (χ1n) is 24.6. The first kappa shape index (κ1) is 60.5. The Labute approximate surface area is 347 Å². The van der Waals surface area contributed by atoms with Gasteiger partial charge in [0.1, 0.15) is 0 Å². The highest BCUT2D eigenvalue weighted by molar-refractivity contribution is 5.66. The van der Waals surface area contributed by atoms with Gasteiger partial charge >= 0.3 is 11.9 Å². The number of rotatable bonds is 39. The van der Waals surface area contributed by atoms with Gasteiger partial charge in [-0.1, -0.05) is 203 Å². The fourth-order valence-electron chi connectivity index (χ4n) is 6.47. The average molecular weight is 785 g/mol. The Kier molecular flexibility index (Phi) is 62.9. The normalized spacial score (nSPS) is 10.7. The SMILES string of the molecule is CCCCCC(=O)O.CCCCCCC(=O)O.CCCCCCN(CCCCCC)CCCCCC.CCCCCCN(CCCCCC)CCCCCC. The van der Waals surface area contributed by atoms with Crippen molar-refractivity contribution in [3.05, 3.63) is 0 Å². The Morgan fingerprint density at radius 3 is 0.618 bits per heavy atom. The lowest BCUT2D eigenvalue weighted by Gasteiger charge is -2.22. The van der Waals surface area contributed by atoms with Gasteiger partial charge in [-0.25, -0.2) is 0 Å². The van der Waals surface area contributed by atoms with Gasteiger partial charge in [0.15, 0.2) is 0 Å². The second kappa shape index (κ2) is 57.2. The average Bonchev–Trinajstić information content (AvgIpc) is 3.17. The first-order valence-corrected chi connectivity index (χ1v) is 24.6. The summed E-state index contributed by atoms with van der Waals surface area (Å²) in [5.74, 6) is -1.36. The van der Waals surface area contributed by atoms with E-state index in [1.54, 1.807) is 0 Å². The summed E-state index contributed by atoms with van der Waals surface area (Å²) in [6, 6.07) is 0. The third-order valence-corrected chi connectivity index (χ3v) is 10.2. The number of hydrogen-bond acceptors (Lipinski definition) is 4. The van der Waals surface area contributed by atoms with E-state index in [9.17, 15) is 9.59 Å². The standard InChI is InChI=1S/2C18H39N.C7H14O2.C6H12O2/c2*1-4-7-10-13-16-19(17-14-11-8-5-2)18-15-12-9-6-3;1-2-3-4-5-6-7(8)9;1-2-3-4-5-6(7)8/h2*4-18H2,1-3H3;2-6H2,1H3,(H,8,9);2-5H2,1H3,(H,7,8). The van der Waals surface area contributed by atoms with E-state index in [2.05, 4.69) is 65.2 Å². The lowest BCUT2D eigenvalue weighted by molar-refractivity contribution is -0.138. The number of unbranched alkanes of at least 4 members (excludes halogenated alkanes) is 23. The summed E-state index contributed by atoms with van der Waals surface area (Å²) in [5.41, 5.74) is 0. The van der Waals surface area contributed by atoms with Crippen LogP contribution in [-0.4, -0.2) is 71.2 Å². The van der Waals surface area contributed by atoms with Crippen molar-refractivity contribution in [2.75, 3.05) is 39.3 Å². The minimum Gasteiger partial charge on any atom is -0.481 e. The van der Waals surface area contributed by atoms with Gasteiger partial charge in [-0.15, -0.1) is 0 Å². The monoisotopic (exact) mass is 785 g/mol. The van der Waals surface area contributed by atoms with E-state index in [-0.39, 0.29) is 0 Å². The van der Waals surface area contributed by atoms with Gasteiger partial charge in [-0.2, -0.15) is 0 Å². The molecule has 2 N–H and O–H groups in total. The molecule has 55 heavy (non-hydrogen) atoms. The summed E-state index contributed by atoms with van der Waals surface area (Å²) in [6.45, 7) is 26.0. The fraction of sp³-hybridized carbons (Fsp3) is 0.959. The zero-order chi connectivity index (χ0) is 41.9. The van der Waals surface area contributed by atoms with E-state index >= 15 is 0 Å². The van der Waals surface area contributed by atoms with Crippen molar-refractivity contribution < 1.29 is 19.8 Å². The van der Waals surface area contributed by atoms with Gasteiger partial charge < -0.3 is 20.0 Å². The van der Waals surface area contributed by atoms with Gasteiger partial charge in [-0.05, 0) is 90.6 Å². The Bertz CT molecular complexity index is 597. The topological polar surface area (TPSA) is 81.1 Å². The quantitative estimate of drug-likeness (QED) is 0.0604. The molecule has 0 saturated carbocycles. The second-order valence-corrected chi connectivity index (χ2v) is 16.1. The lowest BCUT2D eigenvalue weighted by atomic mass is 10.1. The van der Waals surface area contributed by atoms with E-state index in [0.29, 0.717) is 12.8 Å². The molecule has 6 nitrogen and oxygen atoms in total. The molecule has 0 spiro atoms. The summed E-state index contributed by atoms with van der Waals surface area (Å²) in [7, 11) is 0. The van der Waals surface area contributed by atoms with E-state index in [0.717, 1.165) is 38.5 Å². The Morgan fingerprint density at radius 1 is 0.273 bits per heavy atom. The van der Waals surface area contributed by atoms with Crippen molar-refractivity contribution in [1.82, 2.24) is 9.80 Å². The van der Waals surface area contributed by atoms with E-state index in [1.807, 2.05) is 0 Å². The van der Waals surface area contributed by atoms with Crippen LogP contribution in [0.2, 0.25) is 0 Å². The summed E-state index contributed by atoms with van der Waals surface area (Å²) >= 11 is 0. The Balaban J connectivity index is -0.000000337. The van der Waals surface area contributed by atoms with Gasteiger partial charge in [0.25, 0.3) is 0 Å². The van der Waals surface area contributed by atoms with Crippen molar-refractivity contribution in [1.29, 1.82) is 0 Å². The highest BCUT2D eigenvalue weighted by atomic mass is 16.4. The molecule has 0 heterocycles. The number of hydrogen-bond donors (Lipinski definition) is 2. The van der Waals surface area contributed by atoms with Gasteiger partial charge in [-0.3, -0.25) is 9.59 Å². The van der Waals surface area contributed by atoms with Crippen LogP contribution < -0.4 is 0 Å². The maximum absolute atomic E-state index is 9.96. The molecule has 0 aliphatic carbocycles. The number of carbonyl (C=O) groups is 2. The maximum atomic E-state index is 9.96. The van der Waals surface area contributed by atoms with Gasteiger partial charge in [0.05, 0.1) is 0 Å². The molecule has 0 rings (SSSR count). The molecule has 0 amide bonds. The Morgan fingerprint density at radius 2 is 0.436 bits per heavy atom. The molecular weight excluding hydrogens is 681 g/mol. The van der Waals surface area contributed by atoms with Crippen LogP contribution in [0.1, 0.15) is 267 Å². The highest BCUT2D eigenvalue weighted by Crippen LogP contribution is 2.10. The molecule has 0 aliphatic rings. The van der Waals surface area contributed by atoms with Crippen LogP contribution in [0.15, 0.2) is 0 Å². The molecule has 0 radical (unpaired) electrons. The van der Waals surface area contributed by atoms with Crippen LogP contribution in [-0.2, 0) is 9.59 Å². The van der Waals surface area contributed by atoms with Crippen molar-refractivity contribution in [3.63, 3.8) is 0 Å². The molecule has 0 aliphatic heterocycles. The largest absolute Gasteiger partial charge is 0.481 e. The molecule has 0 atom stereocenters. The zero-order valence-corrected chi connectivity index (χ0v) is 39.2. The molecule has 0 aromatic rings. The fourth-order valence-corrected chi connectivity index (χ4v) is 6.47. The van der Waals surface area contributed by atoms with Crippen LogP contribution in [0.4, 0.5) is 0 Å². The first-order chi connectivity index (χ1) is 26.7. The summed E-state index contributed by atoms with van der Waals surface area (Å²) < 4.78 is 0. The van der Waals surface area contributed by atoms with Crippen LogP contribution in [0, 0.1) is 0 Å². The lowest BCUT2D eigenvalue weighted by Crippen LogP contribution is -2.27. The molecule has 0 saturated heterocycles. The van der Waals surface area contributed by atoms with Crippen LogP contribution in [0.25, 0.3) is 0 Å². The minimum absolute atomic E-state index is 0.327. The van der Waals surface area contributed by atoms with E-state index in [1.165, 1.54) is 200 Å². The molecule has 0 unspecified atom stereocenters. The zero-order valence-electron chi connectivity index (χ0n) is 39.2. The van der Waals surface area contributed by atoms with E-state index in [4.69, 9.17) is 10.2 Å². The minimum atomic E-state index is -0.682. The second-order valence-electron chi connectivity index (χ2n) is 16.1. The summed E-state index contributed by atoms with van der Waals surface area (Å²) in [5, 5.41) is 16.4.